The molecule has 17 heavy (non-hydrogen) atoms. The van der Waals surface area contributed by atoms with Crippen LogP contribution < -0.4 is 5.73 Å². The predicted octanol–water partition coefficient (Wildman–Crippen LogP) is 2.62. The van der Waals surface area contributed by atoms with Crippen LogP contribution in [0.3, 0.4) is 0 Å². The van der Waals surface area contributed by atoms with Crippen LogP contribution in [-0.2, 0) is 4.74 Å². The van der Waals surface area contributed by atoms with Crippen molar-refractivity contribution in [3.63, 3.8) is 0 Å². The monoisotopic (exact) mass is 318 g/mol. The number of morpholine rings is 1. The van der Waals surface area contributed by atoms with Gasteiger partial charge in [0.15, 0.2) is 0 Å². The summed E-state index contributed by atoms with van der Waals surface area (Å²) in [5, 5.41) is 2.06. The zero-order valence-corrected chi connectivity index (χ0v) is 12.5. The number of hydrogen-bond acceptors (Lipinski definition) is 4. The van der Waals surface area contributed by atoms with Crippen molar-refractivity contribution in [3.05, 3.63) is 20.8 Å². The molecule has 0 spiro atoms. The minimum Gasteiger partial charge on any atom is -0.374 e. The van der Waals surface area contributed by atoms with Crippen molar-refractivity contribution < 1.29 is 4.74 Å². The van der Waals surface area contributed by atoms with Crippen LogP contribution in [0.25, 0.3) is 0 Å². The maximum Gasteiger partial charge on any atom is 0.0903 e. The molecular formula is C12H19BrN2OS. The first-order valence-electron chi connectivity index (χ1n) is 6.04. The van der Waals surface area contributed by atoms with Crippen molar-refractivity contribution in [2.24, 2.45) is 5.73 Å². The van der Waals surface area contributed by atoms with E-state index in [4.69, 9.17) is 10.5 Å². The lowest BCUT2D eigenvalue weighted by atomic mass is 10.1. The summed E-state index contributed by atoms with van der Waals surface area (Å²) in [5.41, 5.74) is 6.30. The van der Waals surface area contributed by atoms with Crippen molar-refractivity contribution in [1.29, 1.82) is 0 Å². The Morgan fingerprint density at radius 1 is 1.71 bits per heavy atom. The van der Waals surface area contributed by atoms with E-state index in [0.717, 1.165) is 30.7 Å². The van der Waals surface area contributed by atoms with E-state index in [0.29, 0.717) is 0 Å². The van der Waals surface area contributed by atoms with Gasteiger partial charge in [-0.2, -0.15) is 0 Å². The van der Waals surface area contributed by atoms with E-state index in [1.165, 1.54) is 11.3 Å². The van der Waals surface area contributed by atoms with Crippen molar-refractivity contribution in [3.8, 4) is 0 Å². The first kappa shape index (κ1) is 13.5. The number of hydrogen-bond donors (Lipinski definition) is 1. The molecule has 2 heterocycles. The SMILES string of the molecule is CCCN1CCOC(C(N)c2sccc2Br)C1. The molecule has 0 radical (unpaired) electrons. The van der Waals surface area contributed by atoms with Crippen molar-refractivity contribution in [2.75, 3.05) is 26.2 Å². The topological polar surface area (TPSA) is 38.5 Å². The van der Waals surface area contributed by atoms with Crippen LogP contribution in [0.5, 0.6) is 0 Å². The molecule has 96 valence electrons. The predicted molar refractivity (Wildman–Crippen MR) is 75.4 cm³/mol. The summed E-state index contributed by atoms with van der Waals surface area (Å²) < 4.78 is 6.92. The second-order valence-corrected chi connectivity index (χ2v) is 6.17. The number of ether oxygens (including phenoxy) is 1. The van der Waals surface area contributed by atoms with Crippen LogP contribution in [-0.4, -0.2) is 37.2 Å². The first-order chi connectivity index (χ1) is 8.22. The highest BCUT2D eigenvalue weighted by Gasteiger charge is 2.28. The molecule has 2 rings (SSSR count). The van der Waals surface area contributed by atoms with Gasteiger partial charge in [0.1, 0.15) is 0 Å². The van der Waals surface area contributed by atoms with Crippen LogP contribution in [0.4, 0.5) is 0 Å². The van der Waals surface area contributed by atoms with Crippen LogP contribution in [0, 0.1) is 0 Å². The van der Waals surface area contributed by atoms with Crippen molar-refractivity contribution in [1.82, 2.24) is 4.90 Å². The van der Waals surface area contributed by atoms with E-state index in [2.05, 4.69) is 33.1 Å². The van der Waals surface area contributed by atoms with E-state index >= 15 is 0 Å². The molecule has 1 aromatic rings. The van der Waals surface area contributed by atoms with Crippen molar-refractivity contribution in [2.45, 2.75) is 25.5 Å². The maximum absolute atomic E-state index is 6.30. The summed E-state index contributed by atoms with van der Waals surface area (Å²) in [6.07, 6.45) is 1.30. The summed E-state index contributed by atoms with van der Waals surface area (Å²) in [4.78, 5) is 3.63. The van der Waals surface area contributed by atoms with Crippen LogP contribution in [0.2, 0.25) is 0 Å². The molecule has 0 aliphatic carbocycles. The Morgan fingerprint density at radius 2 is 2.53 bits per heavy atom. The van der Waals surface area contributed by atoms with Crippen LogP contribution in [0.1, 0.15) is 24.3 Å². The van der Waals surface area contributed by atoms with Gasteiger partial charge in [0.25, 0.3) is 0 Å². The Morgan fingerprint density at radius 3 is 3.18 bits per heavy atom. The van der Waals surface area contributed by atoms with E-state index in [-0.39, 0.29) is 12.1 Å². The third-order valence-corrected chi connectivity index (χ3v) is 5.04. The fourth-order valence-corrected chi connectivity index (χ4v) is 3.87. The van der Waals surface area contributed by atoms with Gasteiger partial charge >= 0.3 is 0 Å². The highest BCUT2D eigenvalue weighted by atomic mass is 79.9. The van der Waals surface area contributed by atoms with Gasteiger partial charge in [-0.25, -0.2) is 0 Å². The molecule has 0 aromatic carbocycles. The van der Waals surface area contributed by atoms with Gasteiger partial charge < -0.3 is 10.5 Å². The summed E-state index contributed by atoms with van der Waals surface area (Å²) in [5.74, 6) is 0. The molecular weight excluding hydrogens is 300 g/mol. The molecule has 1 aliphatic heterocycles. The summed E-state index contributed by atoms with van der Waals surface area (Å²) in [6, 6.07) is 2.02. The van der Waals surface area contributed by atoms with Gasteiger partial charge in [-0.05, 0) is 40.3 Å². The molecule has 3 nitrogen and oxygen atoms in total. The molecule has 2 N–H and O–H groups in total. The van der Waals surface area contributed by atoms with Crippen LogP contribution in [0.15, 0.2) is 15.9 Å². The Balaban J connectivity index is 1.99. The number of halogens is 1. The zero-order valence-electron chi connectivity index (χ0n) is 10.1. The van der Waals surface area contributed by atoms with E-state index in [1.54, 1.807) is 11.3 Å². The minimum absolute atomic E-state index is 0.0240. The molecule has 2 unspecified atom stereocenters. The molecule has 0 amide bonds. The molecule has 1 fully saturated rings. The van der Waals surface area contributed by atoms with E-state index in [1.807, 2.05) is 6.07 Å². The fourth-order valence-electron chi connectivity index (χ4n) is 2.18. The summed E-state index contributed by atoms with van der Waals surface area (Å²) in [6.45, 7) is 6.11. The fraction of sp³-hybridized carbons (Fsp3) is 0.667. The third-order valence-electron chi connectivity index (χ3n) is 3.07. The lowest BCUT2D eigenvalue weighted by Crippen LogP contribution is -2.47. The quantitative estimate of drug-likeness (QED) is 0.927. The average molecular weight is 319 g/mol. The smallest absolute Gasteiger partial charge is 0.0903 e. The van der Waals surface area contributed by atoms with E-state index in [9.17, 15) is 0 Å². The lowest BCUT2D eigenvalue weighted by Gasteiger charge is -2.35. The number of nitrogens with zero attached hydrogens (tertiary/aromatic N) is 1. The summed E-state index contributed by atoms with van der Waals surface area (Å²) in [7, 11) is 0. The molecule has 1 aliphatic rings. The molecule has 2 atom stereocenters. The number of thiophene rings is 1. The largest absolute Gasteiger partial charge is 0.374 e. The van der Waals surface area contributed by atoms with Gasteiger partial charge in [-0.3, -0.25) is 4.90 Å². The molecule has 1 aromatic heterocycles. The highest BCUT2D eigenvalue weighted by molar-refractivity contribution is 9.10. The highest BCUT2D eigenvalue weighted by Crippen LogP contribution is 2.31. The second-order valence-electron chi connectivity index (χ2n) is 4.37. The average Bonchev–Trinajstić information content (AvgIpc) is 2.75. The second kappa shape index (κ2) is 6.29. The van der Waals surface area contributed by atoms with Crippen molar-refractivity contribution >= 4 is 27.3 Å². The maximum atomic E-state index is 6.30. The van der Waals surface area contributed by atoms with Gasteiger partial charge in [0, 0.05) is 22.4 Å². The minimum atomic E-state index is -0.0240. The molecule has 1 saturated heterocycles. The molecule has 5 heteroatoms. The van der Waals surface area contributed by atoms with Gasteiger partial charge in [0.05, 0.1) is 18.8 Å². The Kier molecular flexibility index (Phi) is 4.99. The first-order valence-corrected chi connectivity index (χ1v) is 7.72. The normalized spacial score (nSPS) is 23.8. The van der Waals surface area contributed by atoms with Gasteiger partial charge in [-0.15, -0.1) is 11.3 Å². The lowest BCUT2D eigenvalue weighted by molar-refractivity contribution is -0.0403. The zero-order chi connectivity index (χ0) is 12.3. The Bertz CT molecular complexity index is 356. The van der Waals surface area contributed by atoms with E-state index < -0.39 is 0 Å². The number of nitrogens with two attached hydrogens (primary N) is 1. The molecule has 0 saturated carbocycles. The standard InChI is InChI=1S/C12H19BrN2OS/c1-2-4-15-5-6-16-10(8-15)11(14)12-9(13)3-7-17-12/h3,7,10-11H,2,4-6,8,14H2,1H3. The number of rotatable bonds is 4. The molecule has 0 bridgehead atoms. The van der Waals surface area contributed by atoms with Crippen LogP contribution >= 0.6 is 27.3 Å². The third kappa shape index (κ3) is 3.29. The van der Waals surface area contributed by atoms with Gasteiger partial charge in [0.2, 0.25) is 0 Å². The van der Waals surface area contributed by atoms with Gasteiger partial charge in [-0.1, -0.05) is 6.92 Å². The Hall–Kier alpha value is 0.0600. The Labute approximate surface area is 115 Å². The summed E-state index contributed by atoms with van der Waals surface area (Å²) >= 11 is 5.24.